The van der Waals surface area contributed by atoms with Gasteiger partial charge in [-0.1, -0.05) is 72.3 Å². The Morgan fingerprint density at radius 2 is 1.45 bits per heavy atom. The van der Waals surface area contributed by atoms with Crippen molar-refractivity contribution < 1.29 is 22.7 Å². The third-order valence-corrected chi connectivity index (χ3v) is 8.95. The zero-order valence-electron chi connectivity index (χ0n) is 24.9. The van der Waals surface area contributed by atoms with Gasteiger partial charge in [-0.25, -0.2) is 8.42 Å². The largest absolute Gasteiger partial charge is 0.497 e. The highest BCUT2D eigenvalue weighted by molar-refractivity contribution is 7.92. The molecule has 0 spiro atoms. The molecule has 230 valence electrons. The van der Waals surface area contributed by atoms with Crippen molar-refractivity contribution in [1.29, 1.82) is 0 Å². The van der Waals surface area contributed by atoms with Gasteiger partial charge in [-0.2, -0.15) is 0 Å². The first kappa shape index (κ1) is 32.6. The highest BCUT2D eigenvalue weighted by Crippen LogP contribution is 2.26. The number of carbonyl (C=O) groups excluding carboxylic acids is 2. The molecular weight excluding hydrogens is 598 g/mol. The van der Waals surface area contributed by atoms with Crippen molar-refractivity contribution in [3.05, 3.63) is 125 Å². The molecule has 4 aromatic rings. The molecule has 1 N–H and O–H groups in total. The predicted molar refractivity (Wildman–Crippen MR) is 173 cm³/mol. The Morgan fingerprint density at radius 3 is 2.07 bits per heavy atom. The van der Waals surface area contributed by atoms with Gasteiger partial charge in [-0.3, -0.25) is 13.9 Å². The van der Waals surface area contributed by atoms with Crippen LogP contribution < -0.4 is 14.4 Å². The number of amides is 2. The average Bonchev–Trinajstić information content (AvgIpc) is 3.02. The summed E-state index contributed by atoms with van der Waals surface area (Å²) in [5.41, 5.74) is 1.84. The molecule has 44 heavy (non-hydrogen) atoms. The molecule has 0 aliphatic carbocycles. The lowest BCUT2D eigenvalue weighted by Gasteiger charge is -2.34. The third-order valence-electron chi connectivity index (χ3n) is 6.91. The van der Waals surface area contributed by atoms with Crippen molar-refractivity contribution in [2.24, 2.45) is 0 Å². The Balaban J connectivity index is 1.80. The van der Waals surface area contributed by atoms with Gasteiger partial charge in [0.25, 0.3) is 10.0 Å². The number of halogens is 1. The number of benzene rings is 4. The standard InChI is InChI=1S/C34H36ClN3O5S/c1-25(2)36-34(40)32(22-26-11-6-4-7-12-26)37(23-27-13-10-14-30(21-27)43-3)33(39)24-38(29-19-17-28(35)18-20-29)44(41,42)31-15-8-5-9-16-31/h4-21,25,32H,22-24H2,1-3H3,(H,36,40). The number of hydrogen-bond acceptors (Lipinski definition) is 5. The fourth-order valence-corrected chi connectivity index (χ4v) is 6.32. The number of sulfonamides is 1. The van der Waals surface area contributed by atoms with E-state index in [1.807, 2.05) is 50.2 Å². The first-order chi connectivity index (χ1) is 21.1. The van der Waals surface area contributed by atoms with Gasteiger partial charge in [-0.05, 0) is 73.5 Å². The molecule has 0 aliphatic rings. The summed E-state index contributed by atoms with van der Waals surface area (Å²) in [7, 11) is -2.63. The van der Waals surface area contributed by atoms with Gasteiger partial charge in [0, 0.05) is 24.0 Å². The van der Waals surface area contributed by atoms with Gasteiger partial charge in [0.15, 0.2) is 0 Å². The Hall–Kier alpha value is -4.34. The van der Waals surface area contributed by atoms with Crippen LogP contribution in [0.5, 0.6) is 5.75 Å². The molecule has 0 heterocycles. The Labute approximate surface area is 264 Å². The van der Waals surface area contributed by atoms with E-state index in [9.17, 15) is 18.0 Å². The highest BCUT2D eigenvalue weighted by atomic mass is 35.5. The second-order valence-electron chi connectivity index (χ2n) is 10.5. The Morgan fingerprint density at radius 1 is 0.841 bits per heavy atom. The zero-order valence-corrected chi connectivity index (χ0v) is 26.5. The number of anilines is 1. The van der Waals surface area contributed by atoms with E-state index in [0.717, 1.165) is 15.4 Å². The number of methoxy groups -OCH3 is 1. The van der Waals surface area contributed by atoms with Crippen molar-refractivity contribution in [2.75, 3.05) is 18.0 Å². The summed E-state index contributed by atoms with van der Waals surface area (Å²) in [6.07, 6.45) is 0.224. The maximum absolute atomic E-state index is 14.4. The second-order valence-corrected chi connectivity index (χ2v) is 12.8. The molecule has 1 unspecified atom stereocenters. The van der Waals surface area contributed by atoms with Crippen LogP contribution in [-0.2, 0) is 32.6 Å². The number of hydrogen-bond donors (Lipinski definition) is 1. The molecule has 0 bridgehead atoms. The SMILES string of the molecule is COc1cccc(CN(C(=O)CN(c2ccc(Cl)cc2)S(=O)(=O)c2ccccc2)C(Cc2ccccc2)C(=O)NC(C)C)c1. The van der Waals surface area contributed by atoms with E-state index in [4.69, 9.17) is 16.3 Å². The smallest absolute Gasteiger partial charge is 0.264 e. The molecule has 4 rings (SSSR count). The number of carbonyl (C=O) groups is 2. The van der Waals surface area contributed by atoms with Crippen LogP contribution >= 0.6 is 11.6 Å². The molecule has 1 atom stereocenters. The monoisotopic (exact) mass is 633 g/mol. The maximum Gasteiger partial charge on any atom is 0.264 e. The van der Waals surface area contributed by atoms with Crippen LogP contribution in [0.2, 0.25) is 5.02 Å². The lowest BCUT2D eigenvalue weighted by molar-refractivity contribution is -0.140. The number of rotatable bonds is 13. The minimum atomic E-state index is -4.18. The molecule has 2 amide bonds. The van der Waals surface area contributed by atoms with Gasteiger partial charge in [0.05, 0.1) is 17.7 Å². The number of nitrogens with zero attached hydrogens (tertiary/aromatic N) is 2. The van der Waals surface area contributed by atoms with Crippen molar-refractivity contribution in [3.63, 3.8) is 0 Å². The van der Waals surface area contributed by atoms with Gasteiger partial charge < -0.3 is 15.0 Å². The first-order valence-electron chi connectivity index (χ1n) is 14.2. The van der Waals surface area contributed by atoms with E-state index in [-0.39, 0.29) is 35.5 Å². The minimum absolute atomic E-state index is 0.0282. The van der Waals surface area contributed by atoms with Crippen molar-refractivity contribution in [1.82, 2.24) is 10.2 Å². The van der Waals surface area contributed by atoms with Crippen LogP contribution in [0, 0.1) is 0 Å². The van der Waals surface area contributed by atoms with Gasteiger partial charge in [0.1, 0.15) is 18.3 Å². The lowest BCUT2D eigenvalue weighted by Crippen LogP contribution is -2.54. The number of nitrogens with one attached hydrogen (secondary N) is 1. The summed E-state index contributed by atoms with van der Waals surface area (Å²) in [5, 5.41) is 3.37. The second kappa shape index (κ2) is 14.9. The van der Waals surface area contributed by atoms with Crippen molar-refractivity contribution in [2.45, 2.75) is 43.8 Å². The average molecular weight is 634 g/mol. The molecule has 4 aromatic carbocycles. The molecule has 0 saturated heterocycles. The predicted octanol–water partition coefficient (Wildman–Crippen LogP) is 5.71. The van der Waals surface area contributed by atoms with Crippen LogP contribution in [0.15, 0.2) is 114 Å². The normalized spacial score (nSPS) is 11.9. The summed E-state index contributed by atoms with van der Waals surface area (Å²) in [5.74, 6) is -0.304. The highest BCUT2D eigenvalue weighted by Gasteiger charge is 2.34. The van der Waals surface area contributed by atoms with Crippen LogP contribution in [0.4, 0.5) is 5.69 Å². The maximum atomic E-state index is 14.4. The Bertz CT molecular complexity index is 1650. The van der Waals surface area contributed by atoms with Crippen LogP contribution in [0.1, 0.15) is 25.0 Å². The summed E-state index contributed by atoms with van der Waals surface area (Å²) < 4.78 is 34.4. The van der Waals surface area contributed by atoms with E-state index < -0.39 is 28.5 Å². The van der Waals surface area contributed by atoms with Crippen LogP contribution in [-0.4, -0.2) is 50.9 Å². The van der Waals surface area contributed by atoms with E-state index in [1.54, 1.807) is 67.8 Å². The fraction of sp³-hybridized carbons (Fsp3) is 0.235. The van der Waals surface area contributed by atoms with Crippen LogP contribution in [0.3, 0.4) is 0 Å². The minimum Gasteiger partial charge on any atom is -0.497 e. The first-order valence-corrected chi connectivity index (χ1v) is 16.0. The lowest BCUT2D eigenvalue weighted by atomic mass is 10.0. The Kier molecular flexibility index (Phi) is 11.0. The summed E-state index contributed by atoms with van der Waals surface area (Å²) >= 11 is 6.12. The van der Waals surface area contributed by atoms with Crippen molar-refractivity contribution in [3.8, 4) is 5.75 Å². The summed E-state index contributed by atoms with van der Waals surface area (Å²) in [6, 6.07) is 29.6. The summed E-state index contributed by atoms with van der Waals surface area (Å²) in [6.45, 7) is 3.18. The molecule has 0 radical (unpaired) electrons. The van der Waals surface area contributed by atoms with Gasteiger partial charge in [-0.15, -0.1) is 0 Å². The quantitative estimate of drug-likeness (QED) is 0.204. The third kappa shape index (κ3) is 8.39. The zero-order chi connectivity index (χ0) is 31.7. The van der Waals surface area contributed by atoms with E-state index in [2.05, 4.69) is 5.32 Å². The molecule has 0 aromatic heterocycles. The molecule has 0 saturated carbocycles. The molecule has 0 aliphatic heterocycles. The fourth-order valence-electron chi connectivity index (χ4n) is 4.76. The van der Waals surface area contributed by atoms with E-state index in [0.29, 0.717) is 10.8 Å². The molecular formula is C34H36ClN3O5S. The van der Waals surface area contributed by atoms with Gasteiger partial charge >= 0.3 is 0 Å². The number of ether oxygens (including phenoxy) is 1. The van der Waals surface area contributed by atoms with Crippen LogP contribution in [0.25, 0.3) is 0 Å². The molecule has 8 nitrogen and oxygen atoms in total. The molecule has 0 fully saturated rings. The summed E-state index contributed by atoms with van der Waals surface area (Å²) in [4.78, 5) is 29.7. The van der Waals surface area contributed by atoms with Crippen molar-refractivity contribution >= 4 is 39.1 Å². The van der Waals surface area contributed by atoms with E-state index >= 15 is 0 Å². The topological polar surface area (TPSA) is 96.0 Å². The van der Waals surface area contributed by atoms with E-state index in [1.165, 1.54) is 17.0 Å². The molecule has 10 heteroatoms. The van der Waals surface area contributed by atoms with Gasteiger partial charge in [0.2, 0.25) is 11.8 Å².